The molecule has 2 aromatic carbocycles. The van der Waals surface area contributed by atoms with Crippen molar-refractivity contribution >= 4 is 11.8 Å². The van der Waals surface area contributed by atoms with Gasteiger partial charge in [-0.05, 0) is 47.5 Å². The van der Waals surface area contributed by atoms with Crippen LogP contribution in [0.15, 0.2) is 53.1 Å². The standard InChI is InChI=1S/C26H28N2O7/c1-28-24(15-8-9-19(31-2)20(11-15)32-3)23(25(29)27-14-16-7-6-10-35-16)17-12-21(33-4)22(34-5)13-18(17)26(28)30/h6-13,23-24H,14H2,1-5H3,(H,27,29). The number of furan rings is 1. The van der Waals surface area contributed by atoms with Crippen LogP contribution in [0.1, 0.15) is 39.2 Å². The van der Waals surface area contributed by atoms with Crippen LogP contribution in [0.25, 0.3) is 0 Å². The lowest BCUT2D eigenvalue weighted by Crippen LogP contribution is -2.45. The van der Waals surface area contributed by atoms with E-state index in [0.29, 0.717) is 39.9 Å². The summed E-state index contributed by atoms with van der Waals surface area (Å²) >= 11 is 0. The molecule has 1 aliphatic heterocycles. The average Bonchev–Trinajstić information content (AvgIpc) is 3.41. The van der Waals surface area contributed by atoms with Crippen LogP contribution in [-0.4, -0.2) is 52.2 Å². The van der Waals surface area contributed by atoms with Crippen molar-refractivity contribution in [3.8, 4) is 23.0 Å². The van der Waals surface area contributed by atoms with E-state index in [4.69, 9.17) is 23.4 Å². The molecule has 2 unspecified atom stereocenters. The highest BCUT2D eigenvalue weighted by Crippen LogP contribution is 2.46. The summed E-state index contributed by atoms with van der Waals surface area (Å²) in [6, 6.07) is 11.6. The molecular formula is C26H28N2O7. The van der Waals surface area contributed by atoms with Crippen LogP contribution in [0.5, 0.6) is 23.0 Å². The molecule has 0 aliphatic carbocycles. The third-order valence-corrected chi connectivity index (χ3v) is 6.22. The average molecular weight is 481 g/mol. The van der Waals surface area contributed by atoms with Gasteiger partial charge in [0.25, 0.3) is 5.91 Å². The Morgan fingerprint density at radius 1 is 0.943 bits per heavy atom. The minimum Gasteiger partial charge on any atom is -0.493 e. The maximum absolute atomic E-state index is 13.7. The summed E-state index contributed by atoms with van der Waals surface area (Å²) in [5.74, 6) is 1.25. The molecule has 1 aliphatic rings. The Balaban J connectivity index is 1.85. The molecule has 9 nitrogen and oxygen atoms in total. The number of carbonyl (C=O) groups is 2. The molecule has 0 saturated heterocycles. The molecule has 1 N–H and O–H groups in total. The number of ether oxygens (including phenoxy) is 4. The van der Waals surface area contributed by atoms with Crippen molar-refractivity contribution in [2.24, 2.45) is 0 Å². The van der Waals surface area contributed by atoms with Crippen molar-refractivity contribution in [2.45, 2.75) is 18.5 Å². The summed E-state index contributed by atoms with van der Waals surface area (Å²) < 4.78 is 27.1. The summed E-state index contributed by atoms with van der Waals surface area (Å²) in [4.78, 5) is 28.8. The minimum atomic E-state index is -0.749. The molecular weight excluding hydrogens is 452 g/mol. The fourth-order valence-corrected chi connectivity index (χ4v) is 4.48. The molecule has 4 rings (SSSR count). The van der Waals surface area contributed by atoms with Gasteiger partial charge in [0.15, 0.2) is 23.0 Å². The molecule has 0 spiro atoms. The molecule has 0 saturated carbocycles. The van der Waals surface area contributed by atoms with Gasteiger partial charge in [0.05, 0.1) is 53.2 Å². The van der Waals surface area contributed by atoms with Crippen molar-refractivity contribution in [1.29, 1.82) is 0 Å². The van der Waals surface area contributed by atoms with Crippen LogP contribution < -0.4 is 24.3 Å². The number of nitrogens with zero attached hydrogens (tertiary/aromatic N) is 1. The molecule has 0 fully saturated rings. The zero-order valence-electron chi connectivity index (χ0n) is 20.3. The SMILES string of the molecule is COc1ccc(C2C(C(=O)NCc3ccco3)c3cc(OC)c(OC)cc3C(=O)N2C)cc1OC. The third-order valence-electron chi connectivity index (χ3n) is 6.22. The number of fused-ring (bicyclic) bond motifs is 1. The number of carbonyl (C=O) groups excluding carboxylic acids is 2. The van der Waals surface area contributed by atoms with Crippen molar-refractivity contribution in [1.82, 2.24) is 10.2 Å². The van der Waals surface area contributed by atoms with Gasteiger partial charge in [0.2, 0.25) is 5.91 Å². The van der Waals surface area contributed by atoms with E-state index in [1.54, 1.807) is 61.7 Å². The Hall–Kier alpha value is -4.14. The first kappa shape index (κ1) is 24.0. The van der Waals surface area contributed by atoms with Gasteiger partial charge in [-0.2, -0.15) is 0 Å². The number of methoxy groups -OCH3 is 4. The molecule has 3 aromatic rings. The maximum Gasteiger partial charge on any atom is 0.254 e. The van der Waals surface area contributed by atoms with E-state index < -0.39 is 12.0 Å². The normalized spacial score (nSPS) is 16.9. The molecule has 2 heterocycles. The van der Waals surface area contributed by atoms with Crippen LogP contribution >= 0.6 is 0 Å². The van der Waals surface area contributed by atoms with E-state index >= 15 is 0 Å². The lowest BCUT2D eigenvalue weighted by atomic mass is 9.79. The fourth-order valence-electron chi connectivity index (χ4n) is 4.48. The fraction of sp³-hybridized carbons (Fsp3) is 0.308. The Kier molecular flexibility index (Phi) is 6.86. The number of likely N-dealkylation sites (N-methyl/N-ethyl adjacent to an activating group) is 1. The highest BCUT2D eigenvalue weighted by molar-refractivity contribution is 6.02. The molecule has 1 aromatic heterocycles. The molecule has 9 heteroatoms. The summed E-state index contributed by atoms with van der Waals surface area (Å²) in [6.45, 7) is 0.210. The Morgan fingerprint density at radius 3 is 2.23 bits per heavy atom. The number of benzene rings is 2. The number of amides is 2. The number of hydrogen-bond donors (Lipinski definition) is 1. The Bertz CT molecular complexity index is 1220. The Morgan fingerprint density at radius 2 is 1.60 bits per heavy atom. The number of hydrogen-bond acceptors (Lipinski definition) is 7. The van der Waals surface area contributed by atoms with Gasteiger partial charge < -0.3 is 33.6 Å². The van der Waals surface area contributed by atoms with E-state index in [0.717, 1.165) is 5.56 Å². The van der Waals surface area contributed by atoms with Crippen LogP contribution in [-0.2, 0) is 11.3 Å². The number of nitrogens with one attached hydrogen (secondary N) is 1. The predicted molar refractivity (Wildman–Crippen MR) is 127 cm³/mol. The second-order valence-electron chi connectivity index (χ2n) is 8.04. The minimum absolute atomic E-state index is 0.210. The molecule has 35 heavy (non-hydrogen) atoms. The smallest absolute Gasteiger partial charge is 0.254 e. The zero-order chi connectivity index (χ0) is 25.1. The van der Waals surface area contributed by atoms with Gasteiger partial charge in [-0.25, -0.2) is 0 Å². The third kappa shape index (κ3) is 4.37. The van der Waals surface area contributed by atoms with Crippen molar-refractivity contribution in [3.63, 3.8) is 0 Å². The summed E-state index contributed by atoms with van der Waals surface area (Å²) in [5, 5.41) is 2.95. The van der Waals surface area contributed by atoms with Gasteiger partial charge in [-0.3, -0.25) is 9.59 Å². The molecule has 2 amide bonds. The molecule has 0 bridgehead atoms. The van der Waals surface area contributed by atoms with E-state index in [9.17, 15) is 9.59 Å². The van der Waals surface area contributed by atoms with Gasteiger partial charge in [0, 0.05) is 12.6 Å². The van der Waals surface area contributed by atoms with Crippen molar-refractivity contribution < 1.29 is 33.0 Å². The van der Waals surface area contributed by atoms with Crippen molar-refractivity contribution in [2.75, 3.05) is 35.5 Å². The summed E-state index contributed by atoms with van der Waals surface area (Å²) in [6.07, 6.45) is 1.55. The summed E-state index contributed by atoms with van der Waals surface area (Å²) in [5.41, 5.74) is 1.64. The van der Waals surface area contributed by atoms with Crippen LogP contribution in [0, 0.1) is 0 Å². The molecule has 184 valence electrons. The first-order valence-electron chi connectivity index (χ1n) is 11.0. The zero-order valence-corrected chi connectivity index (χ0v) is 20.3. The van der Waals surface area contributed by atoms with E-state index in [1.165, 1.54) is 21.3 Å². The topological polar surface area (TPSA) is 99.5 Å². The lowest BCUT2D eigenvalue weighted by Gasteiger charge is -2.40. The second kappa shape index (κ2) is 10.0. The van der Waals surface area contributed by atoms with Crippen molar-refractivity contribution in [3.05, 3.63) is 71.2 Å². The largest absolute Gasteiger partial charge is 0.493 e. The van der Waals surface area contributed by atoms with Crippen LogP contribution in [0.2, 0.25) is 0 Å². The quantitative estimate of drug-likeness (QED) is 0.526. The summed E-state index contributed by atoms with van der Waals surface area (Å²) in [7, 11) is 7.78. The van der Waals surface area contributed by atoms with Crippen LogP contribution in [0.3, 0.4) is 0 Å². The van der Waals surface area contributed by atoms with Gasteiger partial charge in [-0.15, -0.1) is 0 Å². The first-order valence-corrected chi connectivity index (χ1v) is 11.0. The number of rotatable bonds is 8. The van der Waals surface area contributed by atoms with E-state index in [-0.39, 0.29) is 18.4 Å². The second-order valence-corrected chi connectivity index (χ2v) is 8.04. The molecule has 0 radical (unpaired) electrons. The van der Waals surface area contributed by atoms with Crippen LogP contribution in [0.4, 0.5) is 0 Å². The van der Waals surface area contributed by atoms with Gasteiger partial charge in [-0.1, -0.05) is 6.07 Å². The van der Waals surface area contributed by atoms with E-state index in [1.807, 2.05) is 6.07 Å². The van der Waals surface area contributed by atoms with Gasteiger partial charge in [0.1, 0.15) is 5.76 Å². The predicted octanol–water partition coefficient (Wildman–Crippen LogP) is 3.54. The first-order chi connectivity index (χ1) is 16.9. The highest BCUT2D eigenvalue weighted by Gasteiger charge is 2.43. The highest BCUT2D eigenvalue weighted by atomic mass is 16.5. The van der Waals surface area contributed by atoms with E-state index in [2.05, 4.69) is 5.32 Å². The molecule has 2 atom stereocenters. The van der Waals surface area contributed by atoms with Gasteiger partial charge >= 0.3 is 0 Å². The maximum atomic E-state index is 13.7. The lowest BCUT2D eigenvalue weighted by molar-refractivity contribution is -0.124. The Labute approximate surface area is 203 Å². The monoisotopic (exact) mass is 480 g/mol.